The molecule has 0 fully saturated rings. The third-order valence-electron chi connectivity index (χ3n) is 5.19. The first kappa shape index (κ1) is 17.4. The second kappa shape index (κ2) is 6.95. The van der Waals surface area contributed by atoms with Gasteiger partial charge in [0, 0.05) is 16.3 Å². The molecular formula is C20H23N3O2S. The van der Waals surface area contributed by atoms with Gasteiger partial charge in [0.25, 0.3) is 5.69 Å². The Balaban J connectivity index is 1.92. The quantitative estimate of drug-likeness (QED) is 0.419. The SMILES string of the molecule is CCN(CC)CCn1c2ccc(CO)c3c2c([n+]1[O-])-c1ccccc1S3. The Labute approximate surface area is 157 Å². The summed E-state index contributed by atoms with van der Waals surface area (Å²) in [5.41, 5.74) is 3.50. The molecule has 26 heavy (non-hydrogen) atoms. The maximum atomic E-state index is 13.2. The summed E-state index contributed by atoms with van der Waals surface area (Å²) in [7, 11) is 0. The Hall–Kier alpha value is -2.02. The number of rotatable bonds is 6. The van der Waals surface area contributed by atoms with E-state index >= 15 is 0 Å². The molecule has 0 spiro atoms. The van der Waals surface area contributed by atoms with Gasteiger partial charge < -0.3 is 15.2 Å². The van der Waals surface area contributed by atoms with E-state index in [0.717, 1.165) is 56.3 Å². The van der Waals surface area contributed by atoms with Gasteiger partial charge in [0.05, 0.1) is 24.1 Å². The molecule has 0 saturated heterocycles. The summed E-state index contributed by atoms with van der Waals surface area (Å²) in [5, 5.41) is 24.0. The second-order valence-corrected chi connectivity index (χ2v) is 7.53. The highest BCUT2D eigenvalue weighted by atomic mass is 32.2. The van der Waals surface area contributed by atoms with Gasteiger partial charge in [-0.15, -0.1) is 4.68 Å². The van der Waals surface area contributed by atoms with E-state index in [0.29, 0.717) is 12.2 Å². The van der Waals surface area contributed by atoms with E-state index < -0.39 is 0 Å². The second-order valence-electron chi connectivity index (χ2n) is 6.48. The lowest BCUT2D eigenvalue weighted by atomic mass is 10.0. The van der Waals surface area contributed by atoms with Crippen molar-refractivity contribution in [1.82, 2.24) is 9.58 Å². The van der Waals surface area contributed by atoms with Gasteiger partial charge >= 0.3 is 0 Å². The number of aliphatic hydroxyl groups excluding tert-OH is 1. The molecule has 2 heterocycles. The van der Waals surface area contributed by atoms with Gasteiger partial charge in [0.1, 0.15) is 5.52 Å². The molecule has 1 N–H and O–H groups in total. The maximum Gasteiger partial charge on any atom is 0.261 e. The van der Waals surface area contributed by atoms with Crippen LogP contribution in [0.1, 0.15) is 19.4 Å². The van der Waals surface area contributed by atoms with Crippen molar-refractivity contribution in [3.63, 3.8) is 0 Å². The molecule has 0 radical (unpaired) electrons. The smallest absolute Gasteiger partial charge is 0.261 e. The van der Waals surface area contributed by atoms with Gasteiger partial charge in [-0.1, -0.05) is 48.7 Å². The molecule has 0 bridgehead atoms. The van der Waals surface area contributed by atoms with Crippen LogP contribution >= 0.6 is 11.8 Å². The topological polar surface area (TPSA) is 55.3 Å². The first-order valence-corrected chi connectivity index (χ1v) is 9.89. The highest BCUT2D eigenvalue weighted by molar-refractivity contribution is 7.99. The van der Waals surface area contributed by atoms with E-state index in [-0.39, 0.29) is 6.61 Å². The average molecular weight is 369 g/mol. The van der Waals surface area contributed by atoms with E-state index in [9.17, 15) is 10.3 Å². The van der Waals surface area contributed by atoms with Crippen LogP contribution in [-0.2, 0) is 13.2 Å². The number of aliphatic hydroxyl groups is 1. The van der Waals surface area contributed by atoms with Gasteiger partial charge in [0.2, 0.25) is 0 Å². The van der Waals surface area contributed by atoms with Crippen LogP contribution in [0.15, 0.2) is 46.2 Å². The molecule has 3 aromatic rings. The Bertz CT molecular complexity index is 963. The molecule has 1 aliphatic rings. The van der Waals surface area contributed by atoms with Crippen molar-refractivity contribution in [3.8, 4) is 11.3 Å². The number of likely N-dealkylation sites (N-methyl/N-ethyl adjacent to an activating group) is 1. The predicted molar refractivity (Wildman–Crippen MR) is 104 cm³/mol. The van der Waals surface area contributed by atoms with Crippen LogP contribution in [0, 0.1) is 5.21 Å². The zero-order chi connectivity index (χ0) is 18.3. The van der Waals surface area contributed by atoms with Crippen LogP contribution in [0.4, 0.5) is 0 Å². The van der Waals surface area contributed by atoms with Crippen molar-refractivity contribution in [2.45, 2.75) is 36.8 Å². The predicted octanol–water partition coefficient (Wildman–Crippen LogP) is 3.24. The van der Waals surface area contributed by atoms with Crippen LogP contribution in [0.2, 0.25) is 0 Å². The van der Waals surface area contributed by atoms with Crippen LogP contribution in [0.3, 0.4) is 0 Å². The third kappa shape index (κ3) is 2.60. The fraction of sp³-hybridized carbons (Fsp3) is 0.350. The van der Waals surface area contributed by atoms with Crippen molar-refractivity contribution in [2.24, 2.45) is 0 Å². The summed E-state index contributed by atoms with van der Waals surface area (Å²) in [6.07, 6.45) is 0. The summed E-state index contributed by atoms with van der Waals surface area (Å²) >= 11 is 1.65. The molecule has 136 valence electrons. The molecule has 0 saturated carbocycles. The van der Waals surface area contributed by atoms with E-state index in [4.69, 9.17) is 0 Å². The van der Waals surface area contributed by atoms with Crippen molar-refractivity contribution in [1.29, 1.82) is 0 Å². The Morgan fingerprint density at radius 3 is 2.65 bits per heavy atom. The number of hydrogen-bond donors (Lipinski definition) is 1. The van der Waals surface area contributed by atoms with Crippen LogP contribution < -0.4 is 4.85 Å². The van der Waals surface area contributed by atoms with Crippen LogP contribution in [0.5, 0.6) is 0 Å². The molecule has 4 rings (SSSR count). The van der Waals surface area contributed by atoms with Gasteiger partial charge in [-0.25, -0.2) is 0 Å². The normalized spacial score (nSPS) is 12.8. The maximum absolute atomic E-state index is 13.2. The summed E-state index contributed by atoms with van der Waals surface area (Å²) in [6, 6.07) is 11.9. The van der Waals surface area contributed by atoms with Crippen molar-refractivity contribution in [2.75, 3.05) is 19.6 Å². The number of fused-ring (bicyclic) bond motifs is 2. The fourth-order valence-electron chi connectivity index (χ4n) is 3.70. The van der Waals surface area contributed by atoms with Crippen LogP contribution in [-0.4, -0.2) is 34.3 Å². The molecule has 0 unspecified atom stereocenters. The lowest BCUT2D eigenvalue weighted by Gasteiger charge is -2.17. The van der Waals surface area contributed by atoms with Crippen molar-refractivity contribution < 1.29 is 9.95 Å². The molecule has 2 aromatic carbocycles. The Morgan fingerprint density at radius 2 is 1.92 bits per heavy atom. The van der Waals surface area contributed by atoms with Gasteiger partial charge in [-0.2, -0.15) is 0 Å². The molecule has 5 nitrogen and oxygen atoms in total. The minimum Gasteiger partial charge on any atom is -0.595 e. The molecule has 1 aromatic heterocycles. The molecular weight excluding hydrogens is 346 g/mol. The molecule has 0 amide bonds. The lowest BCUT2D eigenvalue weighted by Crippen LogP contribution is -2.41. The molecule has 0 atom stereocenters. The largest absolute Gasteiger partial charge is 0.595 e. The van der Waals surface area contributed by atoms with E-state index in [1.165, 1.54) is 0 Å². The van der Waals surface area contributed by atoms with Crippen LogP contribution in [0.25, 0.3) is 22.2 Å². The molecule has 1 aliphatic heterocycles. The summed E-state index contributed by atoms with van der Waals surface area (Å²) in [5.74, 6) is 0. The number of nitrogens with zero attached hydrogens (tertiary/aromatic N) is 3. The van der Waals surface area contributed by atoms with Crippen molar-refractivity contribution in [3.05, 3.63) is 47.2 Å². The number of benzene rings is 2. The monoisotopic (exact) mass is 369 g/mol. The fourth-order valence-corrected chi connectivity index (χ4v) is 4.91. The first-order valence-electron chi connectivity index (χ1n) is 9.07. The summed E-state index contributed by atoms with van der Waals surface area (Å²) < 4.78 is 1.83. The van der Waals surface area contributed by atoms with E-state index in [1.807, 2.05) is 41.1 Å². The minimum absolute atomic E-state index is 0.0244. The Morgan fingerprint density at radius 1 is 1.15 bits per heavy atom. The number of hydrogen-bond acceptors (Lipinski definition) is 4. The van der Waals surface area contributed by atoms with E-state index in [2.05, 4.69) is 18.7 Å². The van der Waals surface area contributed by atoms with E-state index in [1.54, 1.807) is 11.8 Å². The Kier molecular flexibility index (Phi) is 4.65. The zero-order valence-corrected chi connectivity index (χ0v) is 15.9. The average Bonchev–Trinajstić information content (AvgIpc) is 2.96. The summed E-state index contributed by atoms with van der Waals surface area (Å²) in [4.78, 5) is 5.44. The van der Waals surface area contributed by atoms with Crippen molar-refractivity contribution >= 4 is 22.7 Å². The standard InChI is InChI=1S/C20H23N3O2S/c1-3-21(4-2)11-12-22-16-10-9-14(13-24)20-18(16)19(23(22)25)15-7-5-6-8-17(15)26-20/h5-10,24H,3-4,11-13H2,1-2H3. The van der Waals surface area contributed by atoms with Gasteiger partial charge in [0.15, 0.2) is 0 Å². The highest BCUT2D eigenvalue weighted by Gasteiger charge is 2.32. The van der Waals surface area contributed by atoms with Gasteiger partial charge in [-0.05, 0) is 36.9 Å². The lowest BCUT2D eigenvalue weighted by molar-refractivity contribution is -0.681. The summed E-state index contributed by atoms with van der Waals surface area (Å²) in [6.45, 7) is 7.68. The minimum atomic E-state index is -0.0244. The third-order valence-corrected chi connectivity index (χ3v) is 6.44. The first-order chi connectivity index (χ1) is 12.7. The zero-order valence-electron chi connectivity index (χ0n) is 15.1. The molecule has 0 aliphatic carbocycles. The van der Waals surface area contributed by atoms with Gasteiger partial charge in [-0.3, -0.25) is 0 Å². The molecule has 6 heteroatoms. The highest BCUT2D eigenvalue weighted by Crippen LogP contribution is 2.48. The number of aromatic nitrogens is 2.